The van der Waals surface area contributed by atoms with Gasteiger partial charge < -0.3 is 4.90 Å². The number of pyridine rings is 2. The zero-order valence-corrected chi connectivity index (χ0v) is 16.5. The summed E-state index contributed by atoms with van der Waals surface area (Å²) >= 11 is 0. The first-order valence-corrected chi connectivity index (χ1v) is 9.97. The number of nitrogens with zero attached hydrogens (tertiary/aromatic N) is 6. The smallest absolute Gasteiger partial charge is 0.264 e. The van der Waals surface area contributed by atoms with E-state index >= 15 is 0 Å². The van der Waals surface area contributed by atoms with Crippen LogP contribution in [0.15, 0.2) is 55.1 Å². The predicted octanol–water partition coefficient (Wildman–Crippen LogP) is 5.04. The van der Waals surface area contributed by atoms with Crippen LogP contribution in [-0.4, -0.2) is 26.3 Å². The quantitative estimate of drug-likeness (QED) is 0.466. The fourth-order valence-electron chi connectivity index (χ4n) is 4.15. The molecule has 0 bridgehead atoms. The molecular weight excluding hydrogens is 398 g/mol. The lowest BCUT2D eigenvalue weighted by Gasteiger charge is -2.32. The maximum absolute atomic E-state index is 14.1. The highest BCUT2D eigenvalue weighted by molar-refractivity contribution is 5.91. The maximum atomic E-state index is 14.1. The monoisotopic (exact) mass is 416 g/mol. The number of aromatic nitrogens is 4. The van der Waals surface area contributed by atoms with Gasteiger partial charge in [0.1, 0.15) is 12.1 Å². The normalized spacial score (nSPS) is 13.4. The first-order chi connectivity index (χ1) is 15.2. The van der Waals surface area contributed by atoms with Gasteiger partial charge in [-0.2, -0.15) is 10.4 Å². The van der Waals surface area contributed by atoms with Gasteiger partial charge in [0.05, 0.1) is 12.3 Å². The van der Waals surface area contributed by atoms with Gasteiger partial charge in [0.15, 0.2) is 5.82 Å². The van der Waals surface area contributed by atoms with Crippen molar-refractivity contribution < 1.29 is 8.78 Å². The summed E-state index contributed by atoms with van der Waals surface area (Å²) < 4.78 is 29.6. The molecule has 4 heterocycles. The van der Waals surface area contributed by atoms with Crippen LogP contribution >= 0.6 is 0 Å². The summed E-state index contributed by atoms with van der Waals surface area (Å²) in [6.07, 6.45) is 5.60. The van der Waals surface area contributed by atoms with Crippen molar-refractivity contribution in [1.29, 1.82) is 5.26 Å². The number of fused-ring (bicyclic) bond motifs is 2. The van der Waals surface area contributed by atoms with Crippen molar-refractivity contribution in [2.24, 2.45) is 0 Å². The number of anilines is 2. The summed E-state index contributed by atoms with van der Waals surface area (Å²) in [5, 5.41) is 13.9. The van der Waals surface area contributed by atoms with Gasteiger partial charge in [0, 0.05) is 47.3 Å². The zero-order valence-electron chi connectivity index (χ0n) is 16.5. The molecule has 0 fully saturated rings. The molecule has 4 aromatic rings. The number of aryl methyl sites for hydroxylation is 1. The van der Waals surface area contributed by atoms with E-state index in [1.54, 1.807) is 24.7 Å². The molecule has 0 spiro atoms. The van der Waals surface area contributed by atoms with Crippen molar-refractivity contribution in [3.8, 4) is 17.2 Å². The predicted molar refractivity (Wildman–Crippen MR) is 113 cm³/mol. The number of halogens is 2. The van der Waals surface area contributed by atoms with E-state index in [1.807, 2.05) is 35.2 Å². The highest BCUT2D eigenvalue weighted by atomic mass is 19.3. The Hall–Kier alpha value is -3.86. The molecule has 0 atom stereocenters. The molecule has 1 aliphatic rings. The summed E-state index contributed by atoms with van der Waals surface area (Å²) in [5.41, 5.74) is 3.43. The lowest BCUT2D eigenvalue weighted by atomic mass is 9.93. The molecule has 0 N–H and O–H groups in total. The fraction of sp³-hybridized carbons (Fsp3) is 0.217. The standard InChI is InChI=1S/C23H18F2N6/c24-22(25)19-12-20-16(11-18(19)17-13-29-30(14-17)10-6-26)4-2-9-31(20)23-21-15(5-8-28-23)3-1-7-27-21/h1,3,5,7-8,11-14,22H,2,4,9-10H2. The number of rotatable bonds is 4. The molecule has 0 saturated carbocycles. The van der Waals surface area contributed by atoms with Gasteiger partial charge in [-0.05, 0) is 48.2 Å². The third-order valence-corrected chi connectivity index (χ3v) is 5.54. The van der Waals surface area contributed by atoms with E-state index in [4.69, 9.17) is 5.26 Å². The molecule has 1 aromatic carbocycles. The van der Waals surface area contributed by atoms with Crippen LogP contribution in [-0.2, 0) is 13.0 Å². The van der Waals surface area contributed by atoms with E-state index in [0.717, 1.165) is 35.0 Å². The van der Waals surface area contributed by atoms with Crippen molar-refractivity contribution in [1.82, 2.24) is 19.7 Å². The van der Waals surface area contributed by atoms with Crippen LogP contribution in [0.5, 0.6) is 0 Å². The molecule has 6 nitrogen and oxygen atoms in total. The molecule has 5 rings (SSSR count). The van der Waals surface area contributed by atoms with Crippen molar-refractivity contribution >= 4 is 22.4 Å². The number of nitriles is 1. The Bertz CT molecular complexity index is 1300. The minimum Gasteiger partial charge on any atom is -0.324 e. The van der Waals surface area contributed by atoms with Crippen molar-refractivity contribution in [2.45, 2.75) is 25.8 Å². The third-order valence-electron chi connectivity index (χ3n) is 5.54. The fourth-order valence-corrected chi connectivity index (χ4v) is 4.15. The Balaban J connectivity index is 1.65. The van der Waals surface area contributed by atoms with Crippen LogP contribution in [0.3, 0.4) is 0 Å². The van der Waals surface area contributed by atoms with Gasteiger partial charge in [0.2, 0.25) is 0 Å². The van der Waals surface area contributed by atoms with Crippen LogP contribution in [0.1, 0.15) is 24.0 Å². The van der Waals surface area contributed by atoms with Crippen molar-refractivity contribution in [2.75, 3.05) is 11.4 Å². The van der Waals surface area contributed by atoms with Gasteiger partial charge in [-0.15, -0.1) is 0 Å². The average molecular weight is 416 g/mol. The summed E-state index contributed by atoms with van der Waals surface area (Å²) in [6, 6.07) is 11.1. The molecule has 0 amide bonds. The van der Waals surface area contributed by atoms with Crippen LogP contribution in [0.2, 0.25) is 0 Å². The number of hydrogen-bond donors (Lipinski definition) is 0. The van der Waals surface area contributed by atoms with E-state index in [1.165, 1.54) is 10.9 Å². The summed E-state index contributed by atoms with van der Waals surface area (Å²) in [4.78, 5) is 11.0. The molecule has 8 heteroatoms. The van der Waals surface area contributed by atoms with E-state index in [9.17, 15) is 8.78 Å². The van der Waals surface area contributed by atoms with Gasteiger partial charge in [-0.1, -0.05) is 6.07 Å². The zero-order chi connectivity index (χ0) is 21.4. The second kappa shape index (κ2) is 7.76. The maximum Gasteiger partial charge on any atom is 0.264 e. The number of alkyl halides is 2. The van der Waals surface area contributed by atoms with Crippen LogP contribution in [0, 0.1) is 11.3 Å². The first-order valence-electron chi connectivity index (χ1n) is 9.97. The van der Waals surface area contributed by atoms with Crippen LogP contribution in [0.25, 0.3) is 22.0 Å². The highest BCUT2D eigenvalue weighted by Crippen LogP contribution is 2.41. The second-order valence-corrected chi connectivity index (χ2v) is 7.42. The van der Waals surface area contributed by atoms with Gasteiger partial charge in [-0.25, -0.2) is 13.8 Å². The molecule has 0 saturated heterocycles. The Morgan fingerprint density at radius 1 is 1.16 bits per heavy atom. The van der Waals surface area contributed by atoms with Crippen molar-refractivity contribution in [3.05, 3.63) is 66.2 Å². The molecule has 0 radical (unpaired) electrons. The second-order valence-electron chi connectivity index (χ2n) is 7.42. The molecule has 31 heavy (non-hydrogen) atoms. The van der Waals surface area contributed by atoms with Crippen LogP contribution < -0.4 is 4.90 Å². The van der Waals surface area contributed by atoms with E-state index < -0.39 is 6.43 Å². The average Bonchev–Trinajstić information content (AvgIpc) is 3.26. The van der Waals surface area contributed by atoms with E-state index in [2.05, 4.69) is 15.1 Å². The van der Waals surface area contributed by atoms with Crippen LogP contribution in [0.4, 0.5) is 20.3 Å². The van der Waals surface area contributed by atoms with E-state index in [0.29, 0.717) is 23.5 Å². The van der Waals surface area contributed by atoms with Gasteiger partial charge in [0.25, 0.3) is 6.43 Å². The Labute approximate surface area is 177 Å². The summed E-state index contributed by atoms with van der Waals surface area (Å²) in [5.74, 6) is 0.675. The Morgan fingerprint density at radius 2 is 2.06 bits per heavy atom. The molecule has 154 valence electrons. The first kappa shape index (κ1) is 19.1. The molecule has 0 aliphatic carbocycles. The third kappa shape index (κ3) is 3.38. The minimum absolute atomic E-state index is 0.0599. The van der Waals surface area contributed by atoms with Gasteiger partial charge in [-0.3, -0.25) is 9.67 Å². The highest BCUT2D eigenvalue weighted by Gasteiger charge is 2.26. The summed E-state index contributed by atoms with van der Waals surface area (Å²) in [6.45, 7) is 0.750. The number of hydrogen-bond acceptors (Lipinski definition) is 5. The minimum atomic E-state index is -2.65. The SMILES string of the molecule is N#CCn1cc(-c2cc3c(cc2C(F)F)N(c2nccc4cccnc24)CCC3)cn1. The topological polar surface area (TPSA) is 70.6 Å². The Morgan fingerprint density at radius 3 is 2.90 bits per heavy atom. The summed E-state index contributed by atoms with van der Waals surface area (Å²) in [7, 11) is 0. The largest absolute Gasteiger partial charge is 0.324 e. The molecular formula is C23H18F2N6. The lowest BCUT2D eigenvalue weighted by molar-refractivity contribution is 0.152. The lowest BCUT2D eigenvalue weighted by Crippen LogP contribution is -2.26. The van der Waals surface area contributed by atoms with Gasteiger partial charge >= 0.3 is 0 Å². The Kier molecular flexibility index (Phi) is 4.79. The molecule has 3 aromatic heterocycles. The number of benzene rings is 1. The molecule has 1 aliphatic heterocycles. The van der Waals surface area contributed by atoms with Crippen molar-refractivity contribution in [3.63, 3.8) is 0 Å². The molecule has 0 unspecified atom stereocenters. The van der Waals surface area contributed by atoms with E-state index in [-0.39, 0.29) is 12.1 Å².